The highest BCUT2D eigenvalue weighted by atomic mass is 35.5. The maximum absolute atomic E-state index is 3.71. The third-order valence-electron chi connectivity index (χ3n) is 2.48. The van der Waals surface area contributed by atoms with Crippen LogP contribution in [0.4, 0.5) is 0 Å². The van der Waals surface area contributed by atoms with E-state index in [4.69, 9.17) is 0 Å². The predicted octanol–water partition coefficient (Wildman–Crippen LogP) is 3.73. The molecule has 17 heavy (non-hydrogen) atoms. The van der Waals surface area contributed by atoms with Crippen molar-refractivity contribution in [1.29, 1.82) is 0 Å². The minimum absolute atomic E-state index is 0. The number of nitrogens with one attached hydrogen (secondary N) is 1. The highest BCUT2D eigenvalue weighted by Crippen LogP contribution is 2.10. The third kappa shape index (κ3) is 6.77. The normalized spacial score (nSPS) is 9.76. The second kappa shape index (κ2) is 9.58. The SMILES string of the molecule is C=CCSCCNCc1cc(C)ccc1C.Cl. The van der Waals surface area contributed by atoms with E-state index in [9.17, 15) is 0 Å². The molecule has 0 saturated heterocycles. The minimum Gasteiger partial charge on any atom is -0.312 e. The summed E-state index contributed by atoms with van der Waals surface area (Å²) < 4.78 is 0. The molecule has 3 heteroatoms. The summed E-state index contributed by atoms with van der Waals surface area (Å²) in [5, 5.41) is 3.47. The van der Waals surface area contributed by atoms with E-state index in [1.54, 1.807) is 0 Å². The van der Waals surface area contributed by atoms with Crippen LogP contribution < -0.4 is 5.32 Å². The van der Waals surface area contributed by atoms with E-state index in [1.807, 2.05) is 17.8 Å². The number of halogens is 1. The number of hydrogen-bond donors (Lipinski definition) is 1. The van der Waals surface area contributed by atoms with Crippen LogP contribution in [-0.4, -0.2) is 18.1 Å². The molecule has 1 rings (SSSR count). The zero-order chi connectivity index (χ0) is 11.8. The van der Waals surface area contributed by atoms with Gasteiger partial charge in [0.2, 0.25) is 0 Å². The summed E-state index contributed by atoms with van der Waals surface area (Å²) in [5.41, 5.74) is 4.12. The van der Waals surface area contributed by atoms with Crippen LogP contribution in [0.3, 0.4) is 0 Å². The smallest absolute Gasteiger partial charge is 0.0208 e. The number of rotatable bonds is 7. The summed E-state index contributed by atoms with van der Waals surface area (Å²) in [6.45, 7) is 10.1. The molecular weight excluding hydrogens is 250 g/mol. The van der Waals surface area contributed by atoms with Gasteiger partial charge in [0.05, 0.1) is 0 Å². The fraction of sp³-hybridized carbons (Fsp3) is 0.429. The van der Waals surface area contributed by atoms with Gasteiger partial charge in [-0.1, -0.05) is 29.8 Å². The Kier molecular flexibility index (Phi) is 9.33. The molecule has 1 aromatic carbocycles. The van der Waals surface area contributed by atoms with Gasteiger partial charge in [0.25, 0.3) is 0 Å². The molecular formula is C14H22ClNS. The second-order valence-electron chi connectivity index (χ2n) is 3.97. The summed E-state index contributed by atoms with van der Waals surface area (Å²) in [4.78, 5) is 0. The standard InChI is InChI=1S/C14H21NS.ClH/c1-4-8-16-9-7-15-11-14-10-12(2)5-6-13(14)3;/h4-6,10,15H,1,7-9,11H2,2-3H3;1H. The first-order valence-electron chi connectivity index (χ1n) is 5.69. The number of thioether (sulfide) groups is 1. The van der Waals surface area contributed by atoms with Crippen molar-refractivity contribution in [1.82, 2.24) is 5.32 Å². The summed E-state index contributed by atoms with van der Waals surface area (Å²) in [5.74, 6) is 2.20. The van der Waals surface area contributed by atoms with Crippen LogP contribution in [-0.2, 0) is 6.54 Å². The van der Waals surface area contributed by atoms with E-state index >= 15 is 0 Å². The van der Waals surface area contributed by atoms with Crippen LogP contribution >= 0.6 is 24.2 Å². The Morgan fingerprint density at radius 2 is 2.12 bits per heavy atom. The maximum atomic E-state index is 3.71. The number of aryl methyl sites for hydroxylation is 2. The third-order valence-corrected chi connectivity index (χ3v) is 3.44. The first-order valence-corrected chi connectivity index (χ1v) is 6.85. The zero-order valence-electron chi connectivity index (χ0n) is 10.7. The number of benzene rings is 1. The molecule has 0 atom stereocenters. The molecule has 0 aromatic heterocycles. The predicted molar refractivity (Wildman–Crippen MR) is 82.4 cm³/mol. The van der Waals surface area contributed by atoms with Gasteiger partial charge in [-0.15, -0.1) is 19.0 Å². The molecule has 0 aliphatic heterocycles. The van der Waals surface area contributed by atoms with Crippen LogP contribution in [0.1, 0.15) is 16.7 Å². The maximum Gasteiger partial charge on any atom is 0.0208 e. The monoisotopic (exact) mass is 271 g/mol. The first-order chi connectivity index (χ1) is 7.74. The molecule has 0 bridgehead atoms. The van der Waals surface area contributed by atoms with Gasteiger partial charge < -0.3 is 5.32 Å². The van der Waals surface area contributed by atoms with Crippen LogP contribution in [0.15, 0.2) is 30.9 Å². The van der Waals surface area contributed by atoms with Crippen molar-refractivity contribution < 1.29 is 0 Å². The second-order valence-corrected chi connectivity index (χ2v) is 5.12. The van der Waals surface area contributed by atoms with Gasteiger partial charge in [-0.05, 0) is 25.0 Å². The van der Waals surface area contributed by atoms with E-state index in [0.717, 1.165) is 24.6 Å². The molecule has 0 heterocycles. The molecule has 96 valence electrons. The van der Waals surface area contributed by atoms with Crippen molar-refractivity contribution >= 4 is 24.2 Å². The van der Waals surface area contributed by atoms with E-state index in [-0.39, 0.29) is 12.4 Å². The van der Waals surface area contributed by atoms with Gasteiger partial charge in [-0.25, -0.2) is 0 Å². The largest absolute Gasteiger partial charge is 0.312 e. The van der Waals surface area contributed by atoms with Gasteiger partial charge in [0.15, 0.2) is 0 Å². The molecule has 0 spiro atoms. The van der Waals surface area contributed by atoms with Gasteiger partial charge in [0.1, 0.15) is 0 Å². The molecule has 0 aliphatic rings. The van der Waals surface area contributed by atoms with E-state index < -0.39 is 0 Å². The van der Waals surface area contributed by atoms with Crippen molar-refractivity contribution in [3.05, 3.63) is 47.5 Å². The van der Waals surface area contributed by atoms with Crippen LogP contribution in [0.2, 0.25) is 0 Å². The lowest BCUT2D eigenvalue weighted by Gasteiger charge is -2.08. The van der Waals surface area contributed by atoms with E-state index in [2.05, 4.69) is 43.9 Å². The summed E-state index contributed by atoms with van der Waals surface area (Å²) >= 11 is 1.92. The molecule has 1 aromatic rings. The van der Waals surface area contributed by atoms with Gasteiger partial charge in [-0.2, -0.15) is 11.8 Å². The average Bonchev–Trinajstić information content (AvgIpc) is 2.28. The molecule has 0 aliphatic carbocycles. The van der Waals surface area contributed by atoms with E-state index in [0.29, 0.717) is 0 Å². The van der Waals surface area contributed by atoms with Crippen molar-refractivity contribution in [3.8, 4) is 0 Å². The van der Waals surface area contributed by atoms with Crippen LogP contribution in [0, 0.1) is 13.8 Å². The molecule has 0 radical (unpaired) electrons. The Labute approximate surface area is 115 Å². The van der Waals surface area contributed by atoms with E-state index in [1.165, 1.54) is 16.7 Å². The first kappa shape index (κ1) is 16.6. The fourth-order valence-electron chi connectivity index (χ4n) is 1.52. The Morgan fingerprint density at radius 1 is 1.35 bits per heavy atom. The summed E-state index contributed by atoms with van der Waals surface area (Å²) in [6, 6.07) is 6.62. The fourth-order valence-corrected chi connectivity index (χ4v) is 2.15. The molecule has 1 N–H and O–H groups in total. The molecule has 0 unspecified atom stereocenters. The summed E-state index contributed by atoms with van der Waals surface area (Å²) in [7, 11) is 0. The highest BCUT2D eigenvalue weighted by Gasteiger charge is 1.97. The van der Waals surface area contributed by atoms with Crippen molar-refractivity contribution in [2.75, 3.05) is 18.1 Å². The lowest BCUT2D eigenvalue weighted by atomic mass is 10.1. The van der Waals surface area contributed by atoms with Crippen molar-refractivity contribution in [2.45, 2.75) is 20.4 Å². The van der Waals surface area contributed by atoms with Crippen molar-refractivity contribution in [3.63, 3.8) is 0 Å². The lowest BCUT2D eigenvalue weighted by molar-refractivity contribution is 0.728. The lowest BCUT2D eigenvalue weighted by Crippen LogP contribution is -2.17. The molecule has 0 saturated carbocycles. The van der Waals surface area contributed by atoms with Gasteiger partial charge >= 0.3 is 0 Å². The quantitative estimate of drug-likeness (QED) is 0.599. The van der Waals surface area contributed by atoms with Crippen LogP contribution in [0.25, 0.3) is 0 Å². The van der Waals surface area contributed by atoms with Gasteiger partial charge in [-0.3, -0.25) is 0 Å². The Hall–Kier alpha value is -0.440. The van der Waals surface area contributed by atoms with Crippen LogP contribution in [0.5, 0.6) is 0 Å². The Bertz CT molecular complexity index is 339. The Morgan fingerprint density at radius 3 is 2.82 bits per heavy atom. The molecule has 0 fully saturated rings. The zero-order valence-corrected chi connectivity index (χ0v) is 12.3. The Balaban J connectivity index is 0.00000256. The highest BCUT2D eigenvalue weighted by molar-refractivity contribution is 7.99. The topological polar surface area (TPSA) is 12.0 Å². The average molecular weight is 272 g/mol. The molecule has 0 amide bonds. The van der Waals surface area contributed by atoms with Crippen molar-refractivity contribution in [2.24, 2.45) is 0 Å². The minimum atomic E-state index is 0. The van der Waals surface area contributed by atoms with Gasteiger partial charge in [0, 0.05) is 24.6 Å². The number of hydrogen-bond acceptors (Lipinski definition) is 2. The molecule has 1 nitrogen and oxygen atoms in total. The summed E-state index contributed by atoms with van der Waals surface area (Å²) in [6.07, 6.45) is 1.95.